The van der Waals surface area contributed by atoms with Gasteiger partial charge < -0.3 is 19.7 Å². The first-order chi connectivity index (χ1) is 8.83. The maximum Gasteiger partial charge on any atom is 0.213 e. The minimum atomic E-state index is 0.146. The molecule has 1 unspecified atom stereocenters. The molecule has 1 aromatic carbocycles. The van der Waals surface area contributed by atoms with E-state index >= 15 is 0 Å². The zero-order valence-corrected chi connectivity index (χ0v) is 9.67. The van der Waals surface area contributed by atoms with Crippen molar-refractivity contribution in [1.82, 2.24) is 15.5 Å². The molecule has 1 atom stereocenters. The molecule has 94 valence electrons. The van der Waals surface area contributed by atoms with Crippen molar-refractivity contribution in [2.24, 2.45) is 0 Å². The summed E-state index contributed by atoms with van der Waals surface area (Å²) in [5.41, 5.74) is 1.07. The summed E-state index contributed by atoms with van der Waals surface area (Å²) in [4.78, 5) is 3.95. The van der Waals surface area contributed by atoms with Gasteiger partial charge in [-0.2, -0.15) is 4.98 Å². The molecule has 1 aromatic heterocycles. The largest absolute Gasteiger partial charge is 0.508 e. The van der Waals surface area contributed by atoms with E-state index in [1.54, 1.807) is 12.1 Å². The van der Waals surface area contributed by atoms with Crippen molar-refractivity contribution >= 4 is 0 Å². The van der Waals surface area contributed by atoms with Gasteiger partial charge in [0.2, 0.25) is 6.39 Å². The highest BCUT2D eigenvalue weighted by molar-refractivity contribution is 5.44. The maximum absolute atomic E-state index is 9.36. The Kier molecular flexibility index (Phi) is 2.85. The number of hydrogen-bond donors (Lipinski definition) is 2. The number of nitrogens with one attached hydrogen (secondary N) is 1. The van der Waals surface area contributed by atoms with Gasteiger partial charge in [0.05, 0.1) is 6.04 Å². The van der Waals surface area contributed by atoms with E-state index in [0.717, 1.165) is 17.9 Å². The molecule has 0 fully saturated rings. The average Bonchev–Trinajstić information content (AvgIpc) is 2.99. The third-order valence-electron chi connectivity index (χ3n) is 2.92. The molecule has 1 aliphatic rings. The van der Waals surface area contributed by atoms with Gasteiger partial charge in [-0.05, 0) is 12.1 Å². The van der Waals surface area contributed by atoms with Gasteiger partial charge >= 0.3 is 0 Å². The maximum atomic E-state index is 9.36. The van der Waals surface area contributed by atoms with E-state index in [1.165, 1.54) is 6.39 Å². The smallest absolute Gasteiger partial charge is 0.213 e. The Labute approximate surface area is 104 Å². The summed E-state index contributed by atoms with van der Waals surface area (Å²) in [6.07, 6.45) is 2.03. The lowest BCUT2D eigenvalue weighted by Crippen LogP contribution is -2.25. The molecule has 2 aromatic rings. The monoisotopic (exact) mass is 247 g/mol. The number of rotatable bonds is 4. The Morgan fingerprint density at radius 3 is 3.22 bits per heavy atom. The molecule has 0 radical (unpaired) electrons. The molecule has 2 heterocycles. The van der Waals surface area contributed by atoms with Crippen LogP contribution >= 0.6 is 0 Å². The predicted octanol–water partition coefficient (Wildman–Crippen LogP) is 1.04. The molecule has 0 saturated carbocycles. The fraction of sp³-hybridized carbons (Fsp3) is 0.333. The second-order valence-corrected chi connectivity index (χ2v) is 4.14. The molecule has 0 bridgehead atoms. The van der Waals surface area contributed by atoms with Crippen LogP contribution < -0.4 is 10.1 Å². The lowest BCUT2D eigenvalue weighted by molar-refractivity contribution is 0.310. The standard InChI is InChI=1S/C12H13N3O3/c16-8-1-2-9-10(6-17-11(9)5-8)13-4-3-12-14-7-18-15-12/h1-2,5,7,10,13,16H,3-4,6H2. The molecule has 1 aliphatic heterocycles. The van der Waals surface area contributed by atoms with Crippen LogP contribution in [-0.2, 0) is 6.42 Å². The molecule has 0 aliphatic carbocycles. The van der Waals surface area contributed by atoms with E-state index in [9.17, 15) is 5.11 Å². The molecule has 0 saturated heterocycles. The Morgan fingerprint density at radius 2 is 2.39 bits per heavy atom. The molecule has 18 heavy (non-hydrogen) atoms. The van der Waals surface area contributed by atoms with Crippen molar-refractivity contribution in [3.8, 4) is 11.5 Å². The summed E-state index contributed by atoms with van der Waals surface area (Å²) in [5, 5.41) is 16.5. The van der Waals surface area contributed by atoms with Crippen LogP contribution in [0.15, 0.2) is 29.1 Å². The molecular formula is C12H13N3O3. The highest BCUT2D eigenvalue weighted by atomic mass is 16.5. The van der Waals surface area contributed by atoms with Crippen LogP contribution in [0.2, 0.25) is 0 Å². The van der Waals surface area contributed by atoms with Gasteiger partial charge in [-0.3, -0.25) is 0 Å². The molecule has 6 nitrogen and oxygen atoms in total. The highest BCUT2D eigenvalue weighted by Gasteiger charge is 2.23. The lowest BCUT2D eigenvalue weighted by Gasteiger charge is -2.10. The number of phenolic OH excluding ortho intramolecular Hbond substituents is 1. The molecule has 6 heteroatoms. The van der Waals surface area contributed by atoms with E-state index in [0.29, 0.717) is 18.9 Å². The zero-order valence-electron chi connectivity index (χ0n) is 9.67. The molecular weight excluding hydrogens is 234 g/mol. The SMILES string of the molecule is Oc1ccc2c(c1)OCC2NCCc1ncon1. The number of nitrogens with zero attached hydrogens (tertiary/aromatic N) is 2. The van der Waals surface area contributed by atoms with Crippen LogP contribution in [0.4, 0.5) is 0 Å². The molecule has 0 spiro atoms. The number of hydrogen-bond acceptors (Lipinski definition) is 6. The summed E-state index contributed by atoms with van der Waals surface area (Å²) < 4.78 is 10.2. The van der Waals surface area contributed by atoms with Gasteiger partial charge in [-0.25, -0.2) is 0 Å². The van der Waals surface area contributed by atoms with Crippen LogP contribution in [-0.4, -0.2) is 28.4 Å². The summed E-state index contributed by atoms with van der Waals surface area (Å²) in [5.74, 6) is 1.65. The first kappa shape index (κ1) is 11.0. The summed E-state index contributed by atoms with van der Waals surface area (Å²) >= 11 is 0. The molecule has 0 amide bonds. The van der Waals surface area contributed by atoms with Crippen molar-refractivity contribution in [2.45, 2.75) is 12.5 Å². The van der Waals surface area contributed by atoms with Crippen molar-refractivity contribution < 1.29 is 14.4 Å². The minimum absolute atomic E-state index is 0.146. The van der Waals surface area contributed by atoms with Crippen molar-refractivity contribution in [3.63, 3.8) is 0 Å². The van der Waals surface area contributed by atoms with Crippen LogP contribution in [0.3, 0.4) is 0 Å². The van der Waals surface area contributed by atoms with Gasteiger partial charge in [-0.15, -0.1) is 0 Å². The van der Waals surface area contributed by atoms with Gasteiger partial charge in [0.15, 0.2) is 5.82 Å². The van der Waals surface area contributed by atoms with Crippen LogP contribution in [0.1, 0.15) is 17.4 Å². The second-order valence-electron chi connectivity index (χ2n) is 4.14. The zero-order chi connectivity index (χ0) is 12.4. The van der Waals surface area contributed by atoms with Crippen LogP contribution in [0.5, 0.6) is 11.5 Å². The normalized spacial score (nSPS) is 17.4. The fourth-order valence-electron chi connectivity index (χ4n) is 2.03. The first-order valence-corrected chi connectivity index (χ1v) is 5.77. The average molecular weight is 247 g/mol. The first-order valence-electron chi connectivity index (χ1n) is 5.77. The molecule has 3 rings (SSSR count). The van der Waals surface area contributed by atoms with E-state index in [-0.39, 0.29) is 11.8 Å². The van der Waals surface area contributed by atoms with Gasteiger partial charge in [0, 0.05) is 24.6 Å². The Morgan fingerprint density at radius 1 is 1.44 bits per heavy atom. The van der Waals surface area contributed by atoms with E-state index in [4.69, 9.17) is 4.74 Å². The van der Waals surface area contributed by atoms with Crippen molar-refractivity contribution in [1.29, 1.82) is 0 Å². The quantitative estimate of drug-likeness (QED) is 0.840. The number of aromatic hydroxyl groups is 1. The number of ether oxygens (including phenoxy) is 1. The highest BCUT2D eigenvalue weighted by Crippen LogP contribution is 2.34. The topological polar surface area (TPSA) is 80.4 Å². The van der Waals surface area contributed by atoms with E-state index < -0.39 is 0 Å². The molecule has 2 N–H and O–H groups in total. The van der Waals surface area contributed by atoms with Gasteiger partial charge in [0.25, 0.3) is 0 Å². The van der Waals surface area contributed by atoms with E-state index in [2.05, 4.69) is 20.0 Å². The third-order valence-corrected chi connectivity index (χ3v) is 2.92. The summed E-state index contributed by atoms with van der Waals surface area (Å²) in [6, 6.07) is 5.33. The minimum Gasteiger partial charge on any atom is -0.508 e. The van der Waals surface area contributed by atoms with Gasteiger partial charge in [-0.1, -0.05) is 5.16 Å². The predicted molar refractivity (Wildman–Crippen MR) is 62.3 cm³/mol. The third kappa shape index (κ3) is 2.14. The Balaban J connectivity index is 1.59. The van der Waals surface area contributed by atoms with Crippen molar-refractivity contribution in [3.05, 3.63) is 36.0 Å². The Bertz CT molecular complexity index is 527. The summed E-state index contributed by atoms with van der Waals surface area (Å²) in [6.45, 7) is 1.32. The van der Waals surface area contributed by atoms with Gasteiger partial charge in [0.1, 0.15) is 18.1 Å². The van der Waals surface area contributed by atoms with E-state index in [1.807, 2.05) is 6.07 Å². The second kappa shape index (κ2) is 4.66. The number of aromatic nitrogens is 2. The summed E-state index contributed by atoms with van der Waals surface area (Å²) in [7, 11) is 0. The van der Waals surface area contributed by atoms with Crippen LogP contribution in [0, 0.1) is 0 Å². The van der Waals surface area contributed by atoms with Crippen molar-refractivity contribution in [2.75, 3.05) is 13.2 Å². The Hall–Kier alpha value is -2.08. The fourth-order valence-corrected chi connectivity index (χ4v) is 2.03. The number of fused-ring (bicyclic) bond motifs is 1. The number of benzene rings is 1. The van der Waals surface area contributed by atoms with Crippen LogP contribution in [0.25, 0.3) is 0 Å². The number of phenols is 1. The lowest BCUT2D eigenvalue weighted by atomic mass is 10.1.